The highest BCUT2D eigenvalue weighted by Crippen LogP contribution is 2.22. The summed E-state index contributed by atoms with van der Waals surface area (Å²) in [6, 6.07) is 11.6. The minimum Gasteiger partial charge on any atom is -0.497 e. The molecule has 2 aromatic rings. The van der Waals surface area contributed by atoms with Crippen LogP contribution in [-0.4, -0.2) is 43.0 Å². The van der Waals surface area contributed by atoms with E-state index in [0.29, 0.717) is 30.0 Å². The minimum atomic E-state index is -0.487. The van der Waals surface area contributed by atoms with Gasteiger partial charge < -0.3 is 14.4 Å². The van der Waals surface area contributed by atoms with Gasteiger partial charge in [0.2, 0.25) is 0 Å². The molecule has 0 fully saturated rings. The Hall–Kier alpha value is -3.09. The van der Waals surface area contributed by atoms with Crippen LogP contribution in [0.1, 0.15) is 15.9 Å². The molecule has 0 radical (unpaired) electrons. The fourth-order valence-electron chi connectivity index (χ4n) is 2.33. The highest BCUT2D eigenvalue weighted by molar-refractivity contribution is 5.96. The fraction of sp³-hybridized carbons (Fsp3) is 0.278. The average molecular weight is 344 g/mol. The summed E-state index contributed by atoms with van der Waals surface area (Å²) in [5.74, 6) is 1.13. The first-order valence-electron chi connectivity index (χ1n) is 7.70. The molecule has 0 unspecified atom stereocenters. The number of rotatable bonds is 7. The topological polar surface area (TPSA) is 81.9 Å². The second-order valence-corrected chi connectivity index (χ2v) is 5.46. The van der Waals surface area contributed by atoms with Crippen molar-refractivity contribution in [1.29, 1.82) is 0 Å². The summed E-state index contributed by atoms with van der Waals surface area (Å²) < 4.78 is 10.7. The van der Waals surface area contributed by atoms with E-state index in [1.54, 1.807) is 51.4 Å². The van der Waals surface area contributed by atoms with E-state index in [9.17, 15) is 14.9 Å². The Morgan fingerprint density at radius 2 is 1.80 bits per heavy atom. The first-order chi connectivity index (χ1) is 11.9. The molecule has 0 saturated carbocycles. The van der Waals surface area contributed by atoms with Crippen LogP contribution in [0.3, 0.4) is 0 Å². The molecule has 7 heteroatoms. The van der Waals surface area contributed by atoms with E-state index in [4.69, 9.17) is 9.47 Å². The zero-order chi connectivity index (χ0) is 18.4. The van der Waals surface area contributed by atoms with E-state index in [0.717, 1.165) is 5.75 Å². The Labute approximate surface area is 145 Å². The van der Waals surface area contributed by atoms with Gasteiger partial charge in [-0.05, 0) is 37.3 Å². The van der Waals surface area contributed by atoms with Gasteiger partial charge in [0.15, 0.2) is 0 Å². The molecule has 0 aliphatic carbocycles. The number of nitro groups is 1. The van der Waals surface area contributed by atoms with Gasteiger partial charge in [0, 0.05) is 24.2 Å². The predicted molar refractivity (Wildman–Crippen MR) is 93.3 cm³/mol. The molecule has 0 aliphatic heterocycles. The lowest BCUT2D eigenvalue weighted by Gasteiger charge is -2.18. The number of ether oxygens (including phenoxy) is 2. The lowest BCUT2D eigenvalue weighted by atomic mass is 10.1. The first kappa shape index (κ1) is 18.3. The van der Waals surface area contributed by atoms with Crippen molar-refractivity contribution in [1.82, 2.24) is 4.90 Å². The number of methoxy groups -OCH3 is 1. The van der Waals surface area contributed by atoms with E-state index < -0.39 is 4.92 Å². The molecule has 0 heterocycles. The van der Waals surface area contributed by atoms with E-state index in [-0.39, 0.29) is 11.6 Å². The molecular weight excluding hydrogens is 324 g/mol. The van der Waals surface area contributed by atoms with E-state index in [1.807, 2.05) is 0 Å². The van der Waals surface area contributed by atoms with Crippen molar-refractivity contribution in [3.8, 4) is 11.5 Å². The third-order valence-electron chi connectivity index (χ3n) is 3.83. The van der Waals surface area contributed by atoms with Gasteiger partial charge in [-0.25, -0.2) is 0 Å². The molecule has 2 rings (SSSR count). The lowest BCUT2D eigenvalue weighted by Crippen LogP contribution is -2.31. The molecule has 132 valence electrons. The van der Waals surface area contributed by atoms with Crippen LogP contribution in [0.4, 0.5) is 5.69 Å². The van der Waals surface area contributed by atoms with Crippen LogP contribution in [0.15, 0.2) is 42.5 Å². The minimum absolute atomic E-state index is 0.0614. The number of nitro benzene ring substituents is 1. The van der Waals surface area contributed by atoms with Crippen LogP contribution in [-0.2, 0) is 0 Å². The number of carbonyl (C=O) groups is 1. The molecule has 0 atom stereocenters. The molecule has 0 aliphatic rings. The lowest BCUT2D eigenvalue weighted by molar-refractivity contribution is -0.385. The molecule has 0 aromatic heterocycles. The van der Waals surface area contributed by atoms with Gasteiger partial charge >= 0.3 is 0 Å². The van der Waals surface area contributed by atoms with E-state index >= 15 is 0 Å². The summed E-state index contributed by atoms with van der Waals surface area (Å²) in [7, 11) is 3.23. The standard InChI is InChI=1S/C18H20N2O5/c1-13-16(5-4-6-17(13)20(22)23)18(21)19(2)11-12-25-15-9-7-14(24-3)8-10-15/h4-10H,11-12H2,1-3H3. The number of benzene rings is 2. The normalized spacial score (nSPS) is 10.2. The largest absolute Gasteiger partial charge is 0.497 e. The second kappa shape index (κ2) is 8.14. The molecule has 1 amide bonds. The smallest absolute Gasteiger partial charge is 0.273 e. The maximum Gasteiger partial charge on any atom is 0.273 e. The molecule has 7 nitrogen and oxygen atoms in total. The highest BCUT2D eigenvalue weighted by atomic mass is 16.6. The van der Waals surface area contributed by atoms with Crippen molar-refractivity contribution in [2.45, 2.75) is 6.92 Å². The van der Waals surface area contributed by atoms with Gasteiger partial charge in [0.1, 0.15) is 18.1 Å². The molecule has 0 N–H and O–H groups in total. The summed E-state index contributed by atoms with van der Waals surface area (Å²) in [5.41, 5.74) is 0.621. The van der Waals surface area contributed by atoms with Crippen LogP contribution >= 0.6 is 0 Å². The molecule has 0 spiro atoms. The van der Waals surface area contributed by atoms with Crippen molar-refractivity contribution in [3.05, 3.63) is 63.7 Å². The monoisotopic (exact) mass is 344 g/mol. The summed E-state index contributed by atoms with van der Waals surface area (Å²) >= 11 is 0. The number of carbonyl (C=O) groups excluding carboxylic acids is 1. The highest BCUT2D eigenvalue weighted by Gasteiger charge is 2.20. The first-order valence-corrected chi connectivity index (χ1v) is 7.70. The van der Waals surface area contributed by atoms with Gasteiger partial charge in [-0.15, -0.1) is 0 Å². The van der Waals surface area contributed by atoms with Gasteiger partial charge in [0.25, 0.3) is 11.6 Å². The Balaban J connectivity index is 1.96. The molecule has 0 bridgehead atoms. The van der Waals surface area contributed by atoms with Gasteiger partial charge in [0.05, 0.1) is 18.6 Å². The van der Waals surface area contributed by atoms with Crippen LogP contribution in [0.5, 0.6) is 11.5 Å². The number of hydrogen-bond donors (Lipinski definition) is 0. The number of nitrogens with zero attached hydrogens (tertiary/aromatic N) is 2. The molecule has 25 heavy (non-hydrogen) atoms. The summed E-state index contributed by atoms with van der Waals surface area (Å²) in [6.45, 7) is 2.24. The zero-order valence-corrected chi connectivity index (χ0v) is 14.4. The van der Waals surface area contributed by atoms with Gasteiger partial charge in [-0.2, -0.15) is 0 Å². The Bertz CT molecular complexity index is 759. The molecular formula is C18H20N2O5. The van der Waals surface area contributed by atoms with Crippen molar-refractivity contribution >= 4 is 11.6 Å². The average Bonchev–Trinajstić information content (AvgIpc) is 2.61. The van der Waals surface area contributed by atoms with Gasteiger partial charge in [-0.1, -0.05) is 6.07 Å². The van der Waals surface area contributed by atoms with Crippen molar-refractivity contribution in [2.75, 3.05) is 27.3 Å². The second-order valence-electron chi connectivity index (χ2n) is 5.46. The van der Waals surface area contributed by atoms with E-state index in [1.165, 1.54) is 17.0 Å². The number of amides is 1. The Morgan fingerprint density at radius 1 is 1.16 bits per heavy atom. The summed E-state index contributed by atoms with van der Waals surface area (Å²) in [6.07, 6.45) is 0. The zero-order valence-electron chi connectivity index (χ0n) is 14.4. The van der Waals surface area contributed by atoms with Crippen molar-refractivity contribution in [2.24, 2.45) is 0 Å². The maximum atomic E-state index is 12.5. The Morgan fingerprint density at radius 3 is 2.40 bits per heavy atom. The predicted octanol–water partition coefficient (Wildman–Crippen LogP) is 3.06. The molecule has 2 aromatic carbocycles. The molecule has 0 saturated heterocycles. The number of hydrogen-bond acceptors (Lipinski definition) is 5. The fourth-order valence-corrected chi connectivity index (χ4v) is 2.33. The quantitative estimate of drug-likeness (QED) is 0.569. The van der Waals surface area contributed by atoms with Gasteiger partial charge in [-0.3, -0.25) is 14.9 Å². The SMILES string of the molecule is COc1ccc(OCCN(C)C(=O)c2cccc([N+](=O)[O-])c2C)cc1. The van der Waals surface area contributed by atoms with E-state index in [2.05, 4.69) is 0 Å². The third-order valence-corrected chi connectivity index (χ3v) is 3.83. The van der Waals surface area contributed by atoms with Crippen LogP contribution in [0, 0.1) is 17.0 Å². The summed E-state index contributed by atoms with van der Waals surface area (Å²) in [4.78, 5) is 24.5. The van der Waals surface area contributed by atoms with Crippen molar-refractivity contribution < 1.29 is 19.2 Å². The maximum absolute atomic E-state index is 12.5. The van der Waals surface area contributed by atoms with Crippen LogP contribution in [0.25, 0.3) is 0 Å². The summed E-state index contributed by atoms with van der Waals surface area (Å²) in [5, 5.41) is 11.0. The Kier molecular flexibility index (Phi) is 5.94. The van der Waals surface area contributed by atoms with Crippen LogP contribution < -0.4 is 9.47 Å². The number of likely N-dealkylation sites (N-methyl/N-ethyl adjacent to an activating group) is 1. The van der Waals surface area contributed by atoms with Crippen LogP contribution in [0.2, 0.25) is 0 Å². The third kappa shape index (κ3) is 4.47. The van der Waals surface area contributed by atoms with Crippen molar-refractivity contribution in [3.63, 3.8) is 0 Å².